The molecule has 1 aliphatic heterocycles. The fourth-order valence-corrected chi connectivity index (χ4v) is 3.66. The van der Waals surface area contributed by atoms with E-state index in [2.05, 4.69) is 0 Å². The zero-order valence-corrected chi connectivity index (χ0v) is 17.0. The second-order valence-corrected chi connectivity index (χ2v) is 8.79. The van der Waals surface area contributed by atoms with E-state index >= 15 is 0 Å². The Kier molecular flexibility index (Phi) is 8.86. The summed E-state index contributed by atoms with van der Waals surface area (Å²) in [4.78, 5) is 14.4. The summed E-state index contributed by atoms with van der Waals surface area (Å²) in [6, 6.07) is 6.52. The van der Waals surface area contributed by atoms with Gasteiger partial charge in [-0.1, -0.05) is 0 Å². The number of likely N-dealkylation sites (tertiary alicyclic amines) is 1. The van der Waals surface area contributed by atoms with E-state index in [0.29, 0.717) is 31.1 Å². The molecule has 0 saturated carbocycles. The van der Waals surface area contributed by atoms with Gasteiger partial charge in [0.15, 0.2) is 9.84 Å². The molecule has 1 aromatic carbocycles. The molecular weight excluding hydrogens is 376 g/mol. The van der Waals surface area contributed by atoms with Gasteiger partial charge >= 0.3 is 0 Å². The number of ether oxygens (including phenoxy) is 1. The third kappa shape index (κ3) is 6.78. The summed E-state index contributed by atoms with van der Waals surface area (Å²) in [5, 5.41) is 0. The third-order valence-electron chi connectivity index (χ3n) is 4.69. The number of sulfone groups is 1. The summed E-state index contributed by atoms with van der Waals surface area (Å²) in [5.74, 6) is 1.29. The highest BCUT2D eigenvalue weighted by molar-refractivity contribution is 7.90. The second kappa shape index (κ2) is 10.1. The van der Waals surface area contributed by atoms with Crippen molar-refractivity contribution in [3.8, 4) is 5.75 Å². The van der Waals surface area contributed by atoms with E-state index in [1.165, 1.54) is 18.4 Å². The summed E-state index contributed by atoms with van der Waals surface area (Å²) in [7, 11) is -3.19. The highest BCUT2D eigenvalue weighted by Crippen LogP contribution is 2.20. The van der Waals surface area contributed by atoms with E-state index in [0.717, 1.165) is 25.9 Å². The van der Waals surface area contributed by atoms with Crippen LogP contribution < -0.4 is 10.5 Å². The van der Waals surface area contributed by atoms with Crippen molar-refractivity contribution < 1.29 is 17.9 Å². The maximum Gasteiger partial charge on any atom is 0.222 e. The van der Waals surface area contributed by atoms with Gasteiger partial charge in [0.1, 0.15) is 5.75 Å². The van der Waals surface area contributed by atoms with E-state index in [4.69, 9.17) is 10.5 Å². The van der Waals surface area contributed by atoms with Gasteiger partial charge in [-0.05, 0) is 56.4 Å². The van der Waals surface area contributed by atoms with E-state index in [1.807, 2.05) is 11.8 Å². The van der Waals surface area contributed by atoms with Crippen molar-refractivity contribution in [2.24, 2.45) is 11.7 Å². The molecule has 0 aromatic heterocycles. The van der Waals surface area contributed by atoms with Crippen LogP contribution in [0.4, 0.5) is 0 Å². The smallest absolute Gasteiger partial charge is 0.222 e. The fraction of sp³-hybridized carbons (Fsp3) is 0.611. The van der Waals surface area contributed by atoms with Gasteiger partial charge in [-0.15, -0.1) is 12.4 Å². The molecule has 0 radical (unpaired) electrons. The Balaban J connectivity index is 0.00000338. The summed E-state index contributed by atoms with van der Waals surface area (Å²) >= 11 is 0. The Hall–Kier alpha value is -1.31. The lowest BCUT2D eigenvalue weighted by Gasteiger charge is -2.33. The maximum atomic E-state index is 12.2. The molecule has 1 heterocycles. The first-order valence-corrected chi connectivity index (χ1v) is 10.6. The molecule has 148 valence electrons. The van der Waals surface area contributed by atoms with E-state index in [9.17, 15) is 13.2 Å². The Labute approximate surface area is 162 Å². The number of rotatable bonds is 7. The number of hydrogen-bond acceptors (Lipinski definition) is 5. The van der Waals surface area contributed by atoms with Crippen LogP contribution >= 0.6 is 12.4 Å². The van der Waals surface area contributed by atoms with Crippen molar-refractivity contribution >= 4 is 28.2 Å². The van der Waals surface area contributed by atoms with Crippen LogP contribution in [0.3, 0.4) is 0 Å². The minimum Gasteiger partial charge on any atom is -0.494 e. The lowest BCUT2D eigenvalue weighted by atomic mass is 9.91. The lowest BCUT2D eigenvalue weighted by Crippen LogP contribution is -2.42. The normalized spacial score (nSPS) is 16.7. The van der Waals surface area contributed by atoms with Crippen LogP contribution in [0.15, 0.2) is 29.2 Å². The van der Waals surface area contributed by atoms with Crippen LogP contribution in [-0.2, 0) is 14.6 Å². The Morgan fingerprint density at radius 2 is 1.85 bits per heavy atom. The summed E-state index contributed by atoms with van der Waals surface area (Å²) in [6.45, 7) is 4.04. The van der Waals surface area contributed by atoms with Crippen LogP contribution in [0.25, 0.3) is 0 Å². The number of carbonyl (C=O) groups is 1. The van der Waals surface area contributed by atoms with Crippen molar-refractivity contribution in [1.29, 1.82) is 0 Å². The predicted octanol–water partition coefficient (Wildman–Crippen LogP) is 2.26. The Morgan fingerprint density at radius 1 is 1.27 bits per heavy atom. The number of hydrogen-bond donors (Lipinski definition) is 1. The molecule has 8 heteroatoms. The van der Waals surface area contributed by atoms with Gasteiger partial charge in [-0.25, -0.2) is 8.42 Å². The second-order valence-electron chi connectivity index (χ2n) is 6.77. The van der Waals surface area contributed by atoms with Crippen LogP contribution in [0, 0.1) is 5.92 Å². The monoisotopic (exact) mass is 404 g/mol. The number of nitrogens with zero attached hydrogens (tertiary/aromatic N) is 1. The first-order valence-electron chi connectivity index (χ1n) is 8.73. The third-order valence-corrected chi connectivity index (χ3v) is 5.82. The average Bonchev–Trinajstić information content (AvgIpc) is 2.58. The average molecular weight is 405 g/mol. The molecule has 0 bridgehead atoms. The van der Waals surface area contributed by atoms with Crippen molar-refractivity contribution in [2.45, 2.75) is 43.5 Å². The van der Waals surface area contributed by atoms with Crippen LogP contribution in [-0.4, -0.2) is 51.2 Å². The molecule has 1 saturated heterocycles. The molecule has 0 spiro atoms. The van der Waals surface area contributed by atoms with Gasteiger partial charge in [-0.2, -0.15) is 0 Å². The highest BCUT2D eigenvalue weighted by Gasteiger charge is 2.24. The number of amides is 1. The standard InChI is InChI=1S/C18H28N2O4S.ClH/c1-14(19)15-9-11-20(12-10-15)18(21)4-3-13-24-16-5-7-17(8-6-16)25(2,22)23;/h5-8,14-15H,3-4,9-13,19H2,1-2H3;1H. The molecule has 2 rings (SSSR count). The van der Waals surface area contributed by atoms with Gasteiger partial charge in [0, 0.05) is 31.8 Å². The van der Waals surface area contributed by atoms with Gasteiger partial charge in [0.25, 0.3) is 0 Å². The first-order chi connectivity index (χ1) is 11.8. The quantitative estimate of drug-likeness (QED) is 0.704. The Morgan fingerprint density at radius 3 is 2.35 bits per heavy atom. The van der Waals surface area contributed by atoms with E-state index < -0.39 is 9.84 Å². The first kappa shape index (κ1) is 22.7. The zero-order valence-electron chi connectivity index (χ0n) is 15.4. The number of benzene rings is 1. The van der Waals surface area contributed by atoms with Crippen molar-refractivity contribution in [3.63, 3.8) is 0 Å². The zero-order chi connectivity index (χ0) is 18.4. The predicted molar refractivity (Wildman–Crippen MR) is 104 cm³/mol. The molecule has 1 amide bonds. The van der Waals surface area contributed by atoms with Crippen molar-refractivity contribution in [2.75, 3.05) is 26.0 Å². The van der Waals surface area contributed by atoms with E-state index in [-0.39, 0.29) is 29.3 Å². The van der Waals surface area contributed by atoms with Crippen LogP contribution in [0.5, 0.6) is 5.75 Å². The van der Waals surface area contributed by atoms with Crippen LogP contribution in [0.1, 0.15) is 32.6 Å². The molecular formula is C18H29ClN2O4S. The summed E-state index contributed by atoms with van der Waals surface area (Å²) in [6.07, 6.45) is 4.23. The lowest BCUT2D eigenvalue weighted by molar-refractivity contribution is -0.132. The summed E-state index contributed by atoms with van der Waals surface area (Å²) in [5.41, 5.74) is 5.92. The molecule has 0 aliphatic carbocycles. The molecule has 6 nitrogen and oxygen atoms in total. The van der Waals surface area contributed by atoms with Gasteiger partial charge in [0.2, 0.25) is 5.91 Å². The van der Waals surface area contributed by atoms with Crippen molar-refractivity contribution in [1.82, 2.24) is 4.90 Å². The molecule has 1 aromatic rings. The van der Waals surface area contributed by atoms with Gasteiger partial charge in [0.05, 0.1) is 11.5 Å². The largest absolute Gasteiger partial charge is 0.494 e. The van der Waals surface area contributed by atoms with E-state index in [1.54, 1.807) is 12.1 Å². The number of piperidine rings is 1. The number of halogens is 1. The minimum absolute atomic E-state index is 0. The Bertz CT molecular complexity index is 669. The van der Waals surface area contributed by atoms with Crippen molar-refractivity contribution in [3.05, 3.63) is 24.3 Å². The number of carbonyl (C=O) groups excluding carboxylic acids is 1. The van der Waals surface area contributed by atoms with Gasteiger partial charge < -0.3 is 15.4 Å². The van der Waals surface area contributed by atoms with Gasteiger partial charge in [-0.3, -0.25) is 4.79 Å². The topological polar surface area (TPSA) is 89.7 Å². The number of nitrogens with two attached hydrogens (primary N) is 1. The summed E-state index contributed by atoms with van der Waals surface area (Å²) < 4.78 is 28.4. The SMILES string of the molecule is CC(N)C1CCN(C(=O)CCCOc2ccc(S(C)(=O)=O)cc2)CC1.Cl. The minimum atomic E-state index is -3.19. The highest BCUT2D eigenvalue weighted by atomic mass is 35.5. The molecule has 2 N–H and O–H groups in total. The molecule has 1 aliphatic rings. The molecule has 1 unspecified atom stereocenters. The molecule has 1 atom stereocenters. The fourth-order valence-electron chi connectivity index (χ4n) is 3.03. The maximum absolute atomic E-state index is 12.2. The van der Waals surface area contributed by atoms with Crippen LogP contribution in [0.2, 0.25) is 0 Å². The molecule has 1 fully saturated rings. The molecule has 26 heavy (non-hydrogen) atoms.